The zero-order chi connectivity index (χ0) is 14.6. The zero-order valence-electron chi connectivity index (χ0n) is 12.7. The van der Waals surface area contributed by atoms with E-state index in [9.17, 15) is 8.42 Å². The molecule has 2 unspecified atom stereocenters. The molecule has 2 aliphatic rings. The Kier molecular flexibility index (Phi) is 5.45. The second-order valence-electron chi connectivity index (χ2n) is 6.15. The first-order valence-corrected chi connectivity index (χ1v) is 9.67. The first kappa shape index (κ1) is 16.2. The van der Waals surface area contributed by atoms with Crippen LogP contribution in [0.1, 0.15) is 45.4 Å². The van der Waals surface area contributed by atoms with Crippen molar-refractivity contribution in [2.45, 2.75) is 57.6 Å². The average molecular weight is 304 g/mol. The van der Waals surface area contributed by atoms with Crippen LogP contribution >= 0.6 is 0 Å². The van der Waals surface area contributed by atoms with E-state index in [4.69, 9.17) is 4.74 Å². The second kappa shape index (κ2) is 6.73. The highest BCUT2D eigenvalue weighted by atomic mass is 32.2. The van der Waals surface area contributed by atoms with Crippen LogP contribution in [0, 0.1) is 5.41 Å². The Labute approximate surface area is 122 Å². The number of hydrogen-bond donors (Lipinski definition) is 2. The van der Waals surface area contributed by atoms with Gasteiger partial charge in [-0.1, -0.05) is 19.3 Å². The molecule has 2 atom stereocenters. The molecule has 5 nitrogen and oxygen atoms in total. The predicted molar refractivity (Wildman–Crippen MR) is 80.2 cm³/mol. The number of hydrogen-bond acceptors (Lipinski definition) is 4. The monoisotopic (exact) mass is 304 g/mol. The van der Waals surface area contributed by atoms with Crippen molar-refractivity contribution < 1.29 is 13.2 Å². The number of sulfonamides is 1. The van der Waals surface area contributed by atoms with E-state index in [0.29, 0.717) is 30.7 Å². The summed E-state index contributed by atoms with van der Waals surface area (Å²) in [4.78, 5) is 0. The van der Waals surface area contributed by atoms with Gasteiger partial charge in [-0.2, -0.15) is 0 Å². The van der Waals surface area contributed by atoms with Crippen LogP contribution in [0.3, 0.4) is 0 Å². The van der Waals surface area contributed by atoms with Crippen molar-refractivity contribution in [2.75, 3.05) is 26.0 Å². The van der Waals surface area contributed by atoms with Gasteiger partial charge in [-0.05, 0) is 26.2 Å². The highest BCUT2D eigenvalue weighted by molar-refractivity contribution is 7.88. The molecular formula is C14H28N2O3S. The minimum atomic E-state index is -3.08. The summed E-state index contributed by atoms with van der Waals surface area (Å²) in [5.41, 5.74) is 0.305. The molecule has 6 heteroatoms. The van der Waals surface area contributed by atoms with Crippen LogP contribution in [0.2, 0.25) is 0 Å². The van der Waals surface area contributed by atoms with Crippen molar-refractivity contribution >= 4 is 10.0 Å². The lowest BCUT2D eigenvalue weighted by Crippen LogP contribution is -2.65. The zero-order valence-corrected chi connectivity index (χ0v) is 13.5. The molecule has 2 saturated carbocycles. The summed E-state index contributed by atoms with van der Waals surface area (Å²) < 4.78 is 30.5. The van der Waals surface area contributed by atoms with Gasteiger partial charge in [-0.3, -0.25) is 0 Å². The first-order valence-electron chi connectivity index (χ1n) is 7.77. The molecule has 0 aromatic rings. The summed E-state index contributed by atoms with van der Waals surface area (Å²) in [5.74, 6) is 0. The van der Waals surface area contributed by atoms with Crippen LogP contribution in [0.5, 0.6) is 0 Å². The molecule has 0 heterocycles. The molecule has 0 saturated heterocycles. The third-order valence-corrected chi connectivity index (χ3v) is 5.55. The van der Waals surface area contributed by atoms with E-state index in [-0.39, 0.29) is 0 Å². The topological polar surface area (TPSA) is 67.4 Å². The van der Waals surface area contributed by atoms with Crippen molar-refractivity contribution in [1.29, 1.82) is 0 Å². The van der Waals surface area contributed by atoms with E-state index in [1.165, 1.54) is 38.4 Å². The standard InChI is InChI=1S/C14H28N2O3S/c1-3-19-13-11-12(14(13)7-5-4-6-8-14)15-9-10-16-20(2,17)18/h12-13,15-16H,3-11H2,1-2H3. The van der Waals surface area contributed by atoms with Gasteiger partial charge in [0.15, 0.2) is 0 Å². The second-order valence-corrected chi connectivity index (χ2v) is 7.98. The maximum atomic E-state index is 11.0. The Bertz CT molecular complexity index is 405. The van der Waals surface area contributed by atoms with Gasteiger partial charge in [0.1, 0.15) is 0 Å². The summed E-state index contributed by atoms with van der Waals surface area (Å²) in [7, 11) is -3.08. The first-order chi connectivity index (χ1) is 9.48. The van der Waals surface area contributed by atoms with Gasteiger partial charge in [-0.25, -0.2) is 13.1 Å². The Balaban J connectivity index is 1.82. The van der Waals surface area contributed by atoms with Gasteiger partial charge in [0.25, 0.3) is 0 Å². The normalized spacial score (nSPS) is 29.3. The average Bonchev–Trinajstić information content (AvgIpc) is 2.41. The summed E-state index contributed by atoms with van der Waals surface area (Å²) in [6.45, 7) is 4.01. The van der Waals surface area contributed by atoms with E-state index < -0.39 is 10.0 Å². The fourth-order valence-corrected chi connectivity index (χ4v) is 4.31. The number of nitrogens with one attached hydrogen (secondary N) is 2. The van der Waals surface area contributed by atoms with Crippen molar-refractivity contribution in [3.05, 3.63) is 0 Å². The van der Waals surface area contributed by atoms with Crippen LogP contribution < -0.4 is 10.0 Å². The van der Waals surface area contributed by atoms with Crippen molar-refractivity contribution in [1.82, 2.24) is 10.0 Å². The Morgan fingerprint density at radius 1 is 1.20 bits per heavy atom. The van der Waals surface area contributed by atoms with Crippen molar-refractivity contribution in [2.24, 2.45) is 5.41 Å². The van der Waals surface area contributed by atoms with E-state index in [1.54, 1.807) is 0 Å². The van der Waals surface area contributed by atoms with Gasteiger partial charge in [-0.15, -0.1) is 0 Å². The van der Waals surface area contributed by atoms with E-state index in [2.05, 4.69) is 17.0 Å². The Morgan fingerprint density at radius 3 is 2.50 bits per heavy atom. The van der Waals surface area contributed by atoms with E-state index in [1.807, 2.05) is 0 Å². The molecule has 0 radical (unpaired) electrons. The molecule has 2 rings (SSSR count). The minimum Gasteiger partial charge on any atom is -0.378 e. The van der Waals surface area contributed by atoms with Gasteiger partial charge >= 0.3 is 0 Å². The van der Waals surface area contributed by atoms with Crippen molar-refractivity contribution in [3.8, 4) is 0 Å². The molecule has 2 fully saturated rings. The third-order valence-electron chi connectivity index (χ3n) is 4.82. The number of rotatable bonds is 7. The molecule has 0 aromatic heterocycles. The fourth-order valence-electron chi connectivity index (χ4n) is 3.83. The van der Waals surface area contributed by atoms with Crippen molar-refractivity contribution in [3.63, 3.8) is 0 Å². The molecule has 0 aliphatic heterocycles. The van der Waals surface area contributed by atoms with Gasteiger partial charge in [0.05, 0.1) is 12.4 Å². The quantitative estimate of drug-likeness (QED) is 0.695. The molecule has 0 bridgehead atoms. The molecule has 1 spiro atoms. The Hall–Kier alpha value is -0.170. The molecule has 0 amide bonds. The lowest BCUT2D eigenvalue weighted by Gasteiger charge is -2.58. The largest absolute Gasteiger partial charge is 0.378 e. The van der Waals surface area contributed by atoms with Crippen LogP contribution in [0.25, 0.3) is 0 Å². The van der Waals surface area contributed by atoms with Crippen LogP contribution in [0.4, 0.5) is 0 Å². The molecule has 2 aliphatic carbocycles. The van der Waals surface area contributed by atoms with Crippen LogP contribution in [-0.2, 0) is 14.8 Å². The lowest BCUT2D eigenvalue weighted by molar-refractivity contribution is -0.149. The fraction of sp³-hybridized carbons (Fsp3) is 1.00. The summed E-state index contributed by atoms with van der Waals surface area (Å²) in [6, 6.07) is 0.487. The SMILES string of the molecule is CCOC1CC(NCCNS(C)(=O)=O)C12CCCCC2. The molecule has 2 N–H and O–H groups in total. The summed E-state index contributed by atoms with van der Waals surface area (Å²) in [6.07, 6.45) is 9.07. The maximum absolute atomic E-state index is 11.0. The third kappa shape index (κ3) is 3.72. The summed E-state index contributed by atoms with van der Waals surface area (Å²) in [5, 5.41) is 3.53. The number of ether oxygens (including phenoxy) is 1. The van der Waals surface area contributed by atoms with Crippen LogP contribution in [-0.4, -0.2) is 46.5 Å². The van der Waals surface area contributed by atoms with Gasteiger partial charge < -0.3 is 10.1 Å². The highest BCUT2D eigenvalue weighted by Gasteiger charge is 2.55. The Morgan fingerprint density at radius 2 is 1.90 bits per heavy atom. The highest BCUT2D eigenvalue weighted by Crippen LogP contribution is 2.53. The minimum absolute atomic E-state index is 0.305. The van der Waals surface area contributed by atoms with Gasteiger partial charge in [0.2, 0.25) is 10.0 Å². The van der Waals surface area contributed by atoms with Gasteiger partial charge in [0, 0.05) is 31.2 Å². The molecular weight excluding hydrogens is 276 g/mol. The molecule has 20 heavy (non-hydrogen) atoms. The van der Waals surface area contributed by atoms with Crippen LogP contribution in [0.15, 0.2) is 0 Å². The van der Waals surface area contributed by atoms with E-state index in [0.717, 1.165) is 13.0 Å². The predicted octanol–water partition coefficient (Wildman–Crippen LogP) is 1.25. The molecule has 0 aromatic carbocycles. The smallest absolute Gasteiger partial charge is 0.208 e. The maximum Gasteiger partial charge on any atom is 0.208 e. The summed E-state index contributed by atoms with van der Waals surface area (Å²) >= 11 is 0. The van der Waals surface area contributed by atoms with E-state index >= 15 is 0 Å². The molecule has 118 valence electrons. The lowest BCUT2D eigenvalue weighted by atomic mass is 9.55.